The number of carboxylic acid groups (broad SMARTS) is 1. The number of rotatable bonds is 6. The summed E-state index contributed by atoms with van der Waals surface area (Å²) in [4.78, 5) is 44.8. The van der Waals surface area contributed by atoms with Crippen LogP contribution in [-0.2, 0) is 13.9 Å². The number of carbonyl (C=O) groups is 1. The van der Waals surface area contributed by atoms with E-state index >= 15 is 0 Å². The van der Waals surface area contributed by atoms with E-state index in [1.54, 1.807) is 0 Å². The van der Waals surface area contributed by atoms with Gasteiger partial charge in [-0.3, -0.25) is 18.8 Å². The topological polar surface area (TPSA) is 156 Å². The van der Waals surface area contributed by atoms with Gasteiger partial charge in [0, 0.05) is 27.3 Å². The molecule has 94 valence electrons. The molecule has 5 N–H and O–H groups in total. The molecule has 9 nitrogen and oxygen atoms in total. The number of hydrogen-bond donors (Lipinski definition) is 5. The Bertz CT molecular complexity index is 298. The van der Waals surface area contributed by atoms with Crippen molar-refractivity contribution in [3.8, 4) is 0 Å². The largest absolute Gasteiger partial charge is 0.480 e. The van der Waals surface area contributed by atoms with Crippen LogP contribution in [0.15, 0.2) is 0 Å². The fourth-order valence-electron chi connectivity index (χ4n) is 0.857. The predicted octanol–water partition coefficient (Wildman–Crippen LogP) is -1.74. The first-order valence-electron chi connectivity index (χ1n) is 3.53. The van der Waals surface area contributed by atoms with Crippen molar-refractivity contribution in [3.05, 3.63) is 0 Å². The molecule has 0 amide bonds. The minimum Gasteiger partial charge on any atom is -0.480 e. The second-order valence-electron chi connectivity index (χ2n) is 2.83. The first kappa shape index (κ1) is 19.0. The second-order valence-corrected chi connectivity index (χ2v) is 6.06. The zero-order valence-electron chi connectivity index (χ0n) is 7.92. The molecule has 0 aromatic heterocycles. The summed E-state index contributed by atoms with van der Waals surface area (Å²) in [7, 11) is -9.09. The molecular formula is C4H11NO8P2Pb. The molecule has 0 unspecified atom stereocenters. The van der Waals surface area contributed by atoms with Gasteiger partial charge in [0.15, 0.2) is 0 Å². The molecular weight excluding hydrogens is 459 g/mol. The molecule has 0 saturated heterocycles. The Hall–Kier alpha value is 0.652. The summed E-state index contributed by atoms with van der Waals surface area (Å²) in [6, 6.07) is 0. The molecule has 0 aromatic carbocycles. The van der Waals surface area contributed by atoms with Gasteiger partial charge in [-0.2, -0.15) is 0 Å². The summed E-state index contributed by atoms with van der Waals surface area (Å²) in [5.74, 6) is -1.43. The molecule has 12 heteroatoms. The van der Waals surface area contributed by atoms with Gasteiger partial charge < -0.3 is 24.7 Å². The maximum Gasteiger partial charge on any atom is 0.339 e. The van der Waals surface area contributed by atoms with Crippen LogP contribution < -0.4 is 0 Å². The van der Waals surface area contributed by atoms with Crippen LogP contribution in [0.3, 0.4) is 0 Å². The van der Waals surface area contributed by atoms with Crippen molar-refractivity contribution in [2.24, 2.45) is 0 Å². The van der Waals surface area contributed by atoms with Gasteiger partial charge in [0.05, 0.1) is 6.54 Å². The van der Waals surface area contributed by atoms with Crippen LogP contribution in [0.4, 0.5) is 0 Å². The van der Waals surface area contributed by atoms with Crippen molar-refractivity contribution in [3.63, 3.8) is 0 Å². The van der Waals surface area contributed by atoms with Crippen molar-refractivity contribution >= 4 is 48.5 Å². The Labute approximate surface area is 111 Å². The Morgan fingerprint density at radius 2 is 1.31 bits per heavy atom. The van der Waals surface area contributed by atoms with E-state index in [0.717, 1.165) is 0 Å². The van der Waals surface area contributed by atoms with Crippen LogP contribution in [0, 0.1) is 0 Å². The van der Waals surface area contributed by atoms with Crippen LogP contribution in [0.2, 0.25) is 0 Å². The average Bonchev–Trinajstić information content (AvgIpc) is 1.73. The van der Waals surface area contributed by atoms with E-state index in [1.807, 2.05) is 0 Å². The molecule has 0 atom stereocenters. The molecule has 0 aromatic rings. The van der Waals surface area contributed by atoms with Crippen molar-refractivity contribution in [1.82, 2.24) is 4.90 Å². The Kier molecular flexibility index (Phi) is 8.51. The molecule has 4 radical (unpaired) electrons. The summed E-state index contributed by atoms with van der Waals surface area (Å²) >= 11 is 0. The van der Waals surface area contributed by atoms with Gasteiger partial charge >= 0.3 is 21.2 Å². The smallest absolute Gasteiger partial charge is 0.339 e. The summed E-state index contributed by atoms with van der Waals surface area (Å²) in [6.07, 6.45) is -2.02. The molecule has 0 spiro atoms. The number of nitrogens with zero attached hydrogens (tertiary/aromatic N) is 1. The van der Waals surface area contributed by atoms with Gasteiger partial charge in [0.1, 0.15) is 12.6 Å². The van der Waals surface area contributed by atoms with Gasteiger partial charge in [-0.25, -0.2) is 0 Å². The van der Waals surface area contributed by atoms with Gasteiger partial charge in [-0.1, -0.05) is 0 Å². The number of carboxylic acids is 1. The third-order valence-electron chi connectivity index (χ3n) is 1.13. The first-order chi connectivity index (χ1) is 6.49. The average molecular weight is 470 g/mol. The van der Waals surface area contributed by atoms with E-state index in [9.17, 15) is 13.9 Å². The maximum atomic E-state index is 10.5. The summed E-state index contributed by atoms with van der Waals surface area (Å²) < 4.78 is 21.0. The summed E-state index contributed by atoms with van der Waals surface area (Å²) in [5, 5.41) is 8.33. The SMILES string of the molecule is O=C(O)CN(CP(=O)(O)O)CP(=O)(O)O.[Pb]. The van der Waals surface area contributed by atoms with Crippen molar-refractivity contribution in [2.45, 2.75) is 0 Å². The fraction of sp³-hybridized carbons (Fsp3) is 0.750. The van der Waals surface area contributed by atoms with Crippen LogP contribution in [0.5, 0.6) is 0 Å². The molecule has 0 aliphatic rings. The first-order valence-corrected chi connectivity index (χ1v) is 7.12. The maximum absolute atomic E-state index is 10.5. The Morgan fingerprint density at radius 1 is 1.00 bits per heavy atom. The minimum absolute atomic E-state index is 0. The minimum atomic E-state index is -4.54. The fourth-order valence-corrected chi connectivity index (χ4v) is 2.46. The zero-order valence-corrected chi connectivity index (χ0v) is 13.6. The normalized spacial score (nSPS) is 12.3. The van der Waals surface area contributed by atoms with Gasteiger partial charge in [-0.15, -0.1) is 0 Å². The molecule has 16 heavy (non-hydrogen) atoms. The van der Waals surface area contributed by atoms with E-state index < -0.39 is 40.3 Å². The van der Waals surface area contributed by atoms with Crippen molar-refractivity contribution in [1.29, 1.82) is 0 Å². The monoisotopic (exact) mass is 471 g/mol. The quantitative estimate of drug-likeness (QED) is 0.225. The van der Waals surface area contributed by atoms with Crippen molar-refractivity contribution in [2.75, 3.05) is 19.1 Å². The molecule has 0 bridgehead atoms. The van der Waals surface area contributed by atoms with Crippen molar-refractivity contribution < 1.29 is 38.6 Å². The zero-order chi connectivity index (χ0) is 12.3. The van der Waals surface area contributed by atoms with Gasteiger partial charge in [-0.05, 0) is 0 Å². The van der Waals surface area contributed by atoms with Crippen LogP contribution in [0.25, 0.3) is 0 Å². The second kappa shape index (κ2) is 7.17. The van der Waals surface area contributed by atoms with Crippen LogP contribution >= 0.6 is 15.2 Å². The molecule has 0 aliphatic carbocycles. The molecule has 0 aliphatic heterocycles. The third kappa shape index (κ3) is 12.7. The van der Waals surface area contributed by atoms with E-state index in [2.05, 4.69) is 0 Å². The number of hydrogen-bond acceptors (Lipinski definition) is 4. The van der Waals surface area contributed by atoms with E-state index in [1.165, 1.54) is 0 Å². The Balaban J connectivity index is 0. The van der Waals surface area contributed by atoms with E-state index in [4.69, 9.17) is 24.7 Å². The van der Waals surface area contributed by atoms with E-state index in [0.29, 0.717) is 4.90 Å². The molecule has 0 heterocycles. The molecule has 0 rings (SSSR count). The van der Waals surface area contributed by atoms with Crippen LogP contribution in [0.1, 0.15) is 0 Å². The summed E-state index contributed by atoms with van der Waals surface area (Å²) in [5.41, 5.74) is 0. The molecule has 0 fully saturated rings. The standard InChI is InChI=1S/C4H11NO8P2.Pb/c6-4(7)1-5(2-14(8,9)10)3-15(11,12)13;/h1-3H2,(H,6,7)(H2,8,9,10)(H2,11,12,13);. The van der Waals surface area contributed by atoms with Gasteiger partial charge in [0.25, 0.3) is 0 Å². The Morgan fingerprint density at radius 3 is 1.50 bits per heavy atom. The third-order valence-corrected chi connectivity index (χ3v) is 2.66. The van der Waals surface area contributed by atoms with E-state index in [-0.39, 0.29) is 27.3 Å². The van der Waals surface area contributed by atoms with Gasteiger partial charge in [0.2, 0.25) is 0 Å². The predicted molar refractivity (Wildman–Crippen MR) is 53.9 cm³/mol. The number of aliphatic carboxylic acids is 1. The van der Waals surface area contributed by atoms with Crippen LogP contribution in [-0.4, -0.2) is 82.0 Å². The molecule has 0 saturated carbocycles. The summed E-state index contributed by atoms with van der Waals surface area (Å²) in [6.45, 7) is -0.851.